The summed E-state index contributed by atoms with van der Waals surface area (Å²) in [4.78, 5) is 20.7. The van der Waals surface area contributed by atoms with Crippen molar-refractivity contribution in [2.24, 2.45) is 0 Å². The van der Waals surface area contributed by atoms with Gasteiger partial charge in [-0.05, 0) is 24.3 Å². The number of carbonyl (C=O) groups excluding carboxylic acids is 1. The second-order valence-corrected chi connectivity index (χ2v) is 6.62. The zero-order valence-corrected chi connectivity index (χ0v) is 13.0. The van der Waals surface area contributed by atoms with Crippen molar-refractivity contribution in [2.45, 2.75) is 9.79 Å². The maximum absolute atomic E-state index is 12.8. The van der Waals surface area contributed by atoms with E-state index in [1.54, 1.807) is 22.9 Å². The van der Waals surface area contributed by atoms with Crippen LogP contribution in [-0.4, -0.2) is 11.0 Å². The Bertz CT molecular complexity index is 787. The lowest BCUT2D eigenvalue weighted by molar-refractivity contribution is 0.259. The maximum Gasteiger partial charge on any atom is 0.332 e. The molecule has 1 aliphatic heterocycles. The van der Waals surface area contributed by atoms with Crippen molar-refractivity contribution in [1.82, 2.24) is 4.98 Å². The van der Waals surface area contributed by atoms with Crippen LogP contribution in [0, 0.1) is 0 Å². The van der Waals surface area contributed by atoms with Crippen LogP contribution >= 0.6 is 23.1 Å². The van der Waals surface area contributed by atoms with Gasteiger partial charge < -0.3 is 0 Å². The molecule has 1 aromatic heterocycles. The van der Waals surface area contributed by atoms with Crippen LogP contribution in [0.1, 0.15) is 0 Å². The molecule has 1 aliphatic rings. The van der Waals surface area contributed by atoms with Gasteiger partial charge in [-0.25, -0.2) is 9.78 Å². The van der Waals surface area contributed by atoms with Gasteiger partial charge in [-0.3, -0.25) is 10.2 Å². The Labute approximate surface area is 135 Å². The fraction of sp³-hybridized carbons (Fsp3) is 0. The zero-order chi connectivity index (χ0) is 14.9. The maximum atomic E-state index is 12.8. The van der Waals surface area contributed by atoms with Gasteiger partial charge in [0.15, 0.2) is 5.13 Å². The molecule has 0 radical (unpaired) electrons. The second-order valence-electron chi connectivity index (χ2n) is 4.64. The molecule has 0 aliphatic carbocycles. The van der Waals surface area contributed by atoms with Gasteiger partial charge in [0.25, 0.3) is 0 Å². The van der Waals surface area contributed by atoms with Gasteiger partial charge in [0, 0.05) is 21.4 Å². The van der Waals surface area contributed by atoms with E-state index < -0.39 is 0 Å². The minimum Gasteiger partial charge on any atom is -0.283 e. The van der Waals surface area contributed by atoms with Crippen LogP contribution in [0.5, 0.6) is 0 Å². The molecular formula is C16H11N3OS2. The van der Waals surface area contributed by atoms with Gasteiger partial charge >= 0.3 is 6.03 Å². The number of hydrogen-bond donors (Lipinski definition) is 1. The molecule has 0 atom stereocenters. The Morgan fingerprint density at radius 1 is 1.00 bits per heavy atom. The summed E-state index contributed by atoms with van der Waals surface area (Å²) >= 11 is 3.08. The minimum absolute atomic E-state index is 0.199. The molecule has 2 aromatic carbocycles. The quantitative estimate of drug-likeness (QED) is 0.686. The molecule has 108 valence electrons. The van der Waals surface area contributed by atoms with Crippen molar-refractivity contribution < 1.29 is 4.79 Å². The van der Waals surface area contributed by atoms with Gasteiger partial charge in [-0.2, -0.15) is 0 Å². The van der Waals surface area contributed by atoms with Crippen LogP contribution in [0.4, 0.5) is 21.3 Å². The van der Waals surface area contributed by atoms with Crippen molar-refractivity contribution in [3.63, 3.8) is 0 Å². The molecule has 0 unspecified atom stereocenters. The number of nitrogens with one attached hydrogen (secondary N) is 1. The van der Waals surface area contributed by atoms with E-state index in [2.05, 4.69) is 10.3 Å². The van der Waals surface area contributed by atoms with Crippen molar-refractivity contribution in [3.8, 4) is 0 Å². The molecule has 2 amide bonds. The van der Waals surface area contributed by atoms with E-state index in [-0.39, 0.29) is 6.03 Å². The Morgan fingerprint density at radius 3 is 2.23 bits per heavy atom. The Balaban J connectivity index is 1.79. The monoisotopic (exact) mass is 325 g/mol. The highest BCUT2D eigenvalue weighted by molar-refractivity contribution is 7.99. The summed E-state index contributed by atoms with van der Waals surface area (Å²) in [6.07, 6.45) is 1.67. The number of thiazole rings is 1. The fourth-order valence-corrected chi connectivity index (χ4v) is 3.93. The summed E-state index contributed by atoms with van der Waals surface area (Å²) in [6, 6.07) is 15.6. The van der Waals surface area contributed by atoms with Crippen molar-refractivity contribution in [1.29, 1.82) is 0 Å². The highest BCUT2D eigenvalue weighted by Gasteiger charge is 2.28. The third kappa shape index (κ3) is 2.26. The van der Waals surface area contributed by atoms with Crippen LogP contribution in [0.25, 0.3) is 0 Å². The topological polar surface area (TPSA) is 45.2 Å². The largest absolute Gasteiger partial charge is 0.332 e. The summed E-state index contributed by atoms with van der Waals surface area (Å²) < 4.78 is 0. The van der Waals surface area contributed by atoms with Gasteiger partial charge in [0.1, 0.15) is 0 Å². The lowest BCUT2D eigenvalue weighted by Crippen LogP contribution is -2.32. The highest BCUT2D eigenvalue weighted by atomic mass is 32.2. The van der Waals surface area contributed by atoms with Crippen molar-refractivity contribution >= 4 is 45.6 Å². The molecule has 0 fully saturated rings. The third-order valence-corrected chi connectivity index (χ3v) is 5.10. The molecule has 0 saturated carbocycles. The SMILES string of the molecule is O=C(Nc1nccs1)N1c2ccccc2Sc2ccccc21. The first kappa shape index (κ1) is 13.4. The van der Waals surface area contributed by atoms with E-state index in [9.17, 15) is 4.79 Å². The average Bonchev–Trinajstić information content (AvgIpc) is 3.05. The van der Waals surface area contributed by atoms with Gasteiger partial charge in [-0.1, -0.05) is 36.0 Å². The third-order valence-electron chi connectivity index (χ3n) is 3.28. The van der Waals surface area contributed by atoms with E-state index in [1.807, 2.05) is 53.9 Å². The van der Waals surface area contributed by atoms with Crippen molar-refractivity contribution in [2.75, 3.05) is 10.2 Å². The number of benzene rings is 2. The molecule has 4 rings (SSSR count). The van der Waals surface area contributed by atoms with E-state index in [1.165, 1.54) is 11.3 Å². The van der Waals surface area contributed by atoms with E-state index >= 15 is 0 Å². The first-order chi connectivity index (χ1) is 10.8. The summed E-state index contributed by atoms with van der Waals surface area (Å²) in [5.74, 6) is 0. The number of rotatable bonds is 1. The van der Waals surface area contributed by atoms with E-state index in [0.29, 0.717) is 5.13 Å². The summed E-state index contributed by atoms with van der Waals surface area (Å²) in [5, 5.41) is 5.29. The van der Waals surface area contributed by atoms with Crippen LogP contribution < -0.4 is 10.2 Å². The predicted octanol–water partition coefficient (Wildman–Crippen LogP) is 4.98. The first-order valence-electron chi connectivity index (χ1n) is 6.69. The molecular weight excluding hydrogens is 314 g/mol. The second kappa shape index (κ2) is 5.47. The molecule has 1 N–H and O–H groups in total. The number of urea groups is 1. The highest BCUT2D eigenvalue weighted by Crippen LogP contribution is 2.47. The summed E-state index contributed by atoms with van der Waals surface area (Å²) in [7, 11) is 0. The smallest absolute Gasteiger partial charge is 0.283 e. The number of nitrogens with zero attached hydrogens (tertiary/aromatic N) is 2. The summed E-state index contributed by atoms with van der Waals surface area (Å²) in [6.45, 7) is 0. The van der Waals surface area contributed by atoms with Crippen LogP contribution in [0.2, 0.25) is 0 Å². The lowest BCUT2D eigenvalue weighted by Gasteiger charge is -2.30. The standard InChI is InChI=1S/C16H11N3OS2/c20-16(18-15-17-9-10-21-15)19-11-5-1-3-7-13(11)22-14-8-4-2-6-12(14)19/h1-10H,(H,17,18,20). The number of anilines is 3. The van der Waals surface area contributed by atoms with E-state index in [0.717, 1.165) is 21.2 Å². The molecule has 2 heterocycles. The number of aromatic nitrogens is 1. The molecule has 0 bridgehead atoms. The Kier molecular flexibility index (Phi) is 3.32. The fourth-order valence-electron chi connectivity index (χ4n) is 2.36. The molecule has 6 heteroatoms. The molecule has 0 spiro atoms. The minimum atomic E-state index is -0.199. The molecule has 4 nitrogen and oxygen atoms in total. The Morgan fingerprint density at radius 2 is 1.64 bits per heavy atom. The van der Waals surface area contributed by atoms with Gasteiger partial charge in [0.2, 0.25) is 0 Å². The average molecular weight is 325 g/mol. The van der Waals surface area contributed by atoms with E-state index in [4.69, 9.17) is 0 Å². The van der Waals surface area contributed by atoms with Crippen molar-refractivity contribution in [3.05, 3.63) is 60.1 Å². The lowest BCUT2D eigenvalue weighted by atomic mass is 10.2. The molecule has 22 heavy (non-hydrogen) atoms. The molecule has 0 saturated heterocycles. The van der Waals surface area contributed by atoms with Crippen LogP contribution in [0.3, 0.4) is 0 Å². The predicted molar refractivity (Wildman–Crippen MR) is 90.3 cm³/mol. The number of fused-ring (bicyclic) bond motifs is 2. The Hall–Kier alpha value is -2.31. The number of para-hydroxylation sites is 2. The number of hydrogen-bond acceptors (Lipinski definition) is 4. The number of carbonyl (C=O) groups is 1. The van der Waals surface area contributed by atoms with Crippen LogP contribution in [-0.2, 0) is 0 Å². The van der Waals surface area contributed by atoms with Crippen LogP contribution in [0.15, 0.2) is 69.9 Å². The normalized spacial score (nSPS) is 12.5. The zero-order valence-electron chi connectivity index (χ0n) is 11.4. The van der Waals surface area contributed by atoms with Gasteiger partial charge in [-0.15, -0.1) is 11.3 Å². The first-order valence-corrected chi connectivity index (χ1v) is 8.39. The molecule has 3 aromatic rings. The summed E-state index contributed by atoms with van der Waals surface area (Å²) in [5.41, 5.74) is 1.78. The van der Waals surface area contributed by atoms with Gasteiger partial charge in [0.05, 0.1) is 11.4 Å². The number of amides is 2.